The van der Waals surface area contributed by atoms with E-state index in [9.17, 15) is 0 Å². The van der Waals surface area contributed by atoms with Crippen LogP contribution in [0.15, 0.2) is 78.9 Å². The minimum Gasteiger partial charge on any atom is -0.0619 e. The van der Waals surface area contributed by atoms with Crippen LogP contribution in [0.3, 0.4) is 0 Å². The molecule has 0 amide bonds. The van der Waals surface area contributed by atoms with Crippen LogP contribution in [0.25, 0.3) is 21.9 Å². The highest BCUT2D eigenvalue weighted by molar-refractivity contribution is 5.89. The number of rotatable bonds is 1. The lowest BCUT2D eigenvalue weighted by atomic mass is 9.72. The SMILES string of the molecule is CC(C)c1ccc2c(c1)C1(CCc3cc4ccccc4cc31)c1ccccc1-2. The zero-order valence-electron chi connectivity index (χ0n) is 16.5. The van der Waals surface area contributed by atoms with Gasteiger partial charge in [-0.05, 0) is 74.5 Å². The Labute approximate surface area is 166 Å². The number of hydrogen-bond donors (Lipinski definition) is 0. The molecule has 0 aromatic heterocycles. The van der Waals surface area contributed by atoms with Crippen molar-refractivity contribution in [1.29, 1.82) is 0 Å². The summed E-state index contributed by atoms with van der Waals surface area (Å²) in [5, 5.41) is 2.72. The van der Waals surface area contributed by atoms with Crippen LogP contribution in [0.2, 0.25) is 0 Å². The molecule has 0 saturated heterocycles. The lowest BCUT2D eigenvalue weighted by Crippen LogP contribution is -2.23. The van der Waals surface area contributed by atoms with Crippen molar-refractivity contribution in [1.82, 2.24) is 0 Å². The highest BCUT2D eigenvalue weighted by atomic mass is 14.5. The van der Waals surface area contributed by atoms with Crippen LogP contribution in [-0.4, -0.2) is 0 Å². The van der Waals surface area contributed by atoms with E-state index in [0.29, 0.717) is 5.92 Å². The van der Waals surface area contributed by atoms with Crippen LogP contribution in [0, 0.1) is 0 Å². The number of hydrogen-bond acceptors (Lipinski definition) is 0. The molecule has 2 aliphatic rings. The van der Waals surface area contributed by atoms with Crippen molar-refractivity contribution in [3.8, 4) is 11.1 Å². The predicted molar refractivity (Wildman–Crippen MR) is 118 cm³/mol. The van der Waals surface area contributed by atoms with Crippen LogP contribution < -0.4 is 0 Å². The number of fused-ring (bicyclic) bond motifs is 8. The maximum Gasteiger partial charge on any atom is 0.0469 e. The Bertz CT molecular complexity index is 1240. The van der Waals surface area contributed by atoms with Crippen molar-refractivity contribution < 1.29 is 0 Å². The normalized spacial score (nSPS) is 19.2. The molecule has 6 rings (SSSR count). The Morgan fingerprint density at radius 3 is 2.21 bits per heavy atom. The average molecular weight is 361 g/mol. The fraction of sp³-hybridized carbons (Fsp3) is 0.214. The van der Waals surface area contributed by atoms with E-state index in [1.165, 1.54) is 56.1 Å². The van der Waals surface area contributed by atoms with Gasteiger partial charge in [0.25, 0.3) is 0 Å². The molecule has 0 aliphatic heterocycles. The van der Waals surface area contributed by atoms with Crippen molar-refractivity contribution in [2.24, 2.45) is 0 Å². The molecular weight excluding hydrogens is 336 g/mol. The van der Waals surface area contributed by atoms with Crippen LogP contribution in [0.5, 0.6) is 0 Å². The first-order valence-electron chi connectivity index (χ1n) is 10.4. The second kappa shape index (κ2) is 5.58. The van der Waals surface area contributed by atoms with Crippen LogP contribution >= 0.6 is 0 Å². The Morgan fingerprint density at radius 1 is 0.679 bits per heavy atom. The quantitative estimate of drug-likeness (QED) is 0.336. The second-order valence-corrected chi connectivity index (χ2v) is 8.77. The van der Waals surface area contributed by atoms with Gasteiger partial charge in [-0.3, -0.25) is 0 Å². The molecule has 1 unspecified atom stereocenters. The van der Waals surface area contributed by atoms with E-state index >= 15 is 0 Å². The molecule has 4 aromatic carbocycles. The summed E-state index contributed by atoms with van der Waals surface area (Å²) in [4.78, 5) is 0. The molecule has 0 heteroatoms. The second-order valence-electron chi connectivity index (χ2n) is 8.77. The molecule has 4 aromatic rings. The zero-order chi connectivity index (χ0) is 18.9. The summed E-state index contributed by atoms with van der Waals surface area (Å²) in [5.41, 5.74) is 10.4. The van der Waals surface area contributed by atoms with Crippen LogP contribution in [0.1, 0.15) is 54.0 Å². The van der Waals surface area contributed by atoms with Gasteiger partial charge >= 0.3 is 0 Å². The highest BCUT2D eigenvalue weighted by Crippen LogP contribution is 2.58. The maximum absolute atomic E-state index is 2.50. The van der Waals surface area contributed by atoms with Crippen molar-refractivity contribution in [2.45, 2.75) is 38.0 Å². The lowest BCUT2D eigenvalue weighted by molar-refractivity contribution is 0.625. The van der Waals surface area contributed by atoms with Crippen molar-refractivity contribution in [3.63, 3.8) is 0 Å². The van der Waals surface area contributed by atoms with Gasteiger partial charge in [-0.1, -0.05) is 86.6 Å². The van der Waals surface area contributed by atoms with E-state index in [1.54, 1.807) is 0 Å². The Balaban J connectivity index is 1.71. The standard InChI is InChI=1S/C28H24/c1-18(2)19-11-12-24-23-9-5-6-10-25(23)28(27(24)16-19)14-13-22-15-20-7-3-4-8-21(20)17-26(22)28/h3-12,15-18H,13-14H2,1-2H3. The fourth-order valence-electron chi connectivity index (χ4n) is 5.65. The summed E-state index contributed by atoms with van der Waals surface area (Å²) in [5.74, 6) is 0.545. The first-order chi connectivity index (χ1) is 13.7. The van der Waals surface area contributed by atoms with Crippen molar-refractivity contribution in [3.05, 3.63) is 107 Å². The molecule has 136 valence electrons. The van der Waals surface area contributed by atoms with Gasteiger partial charge in [0.1, 0.15) is 0 Å². The Hall–Kier alpha value is -2.86. The van der Waals surface area contributed by atoms with Gasteiger partial charge in [0.2, 0.25) is 0 Å². The van der Waals surface area contributed by atoms with Gasteiger partial charge in [0.05, 0.1) is 0 Å². The Morgan fingerprint density at radius 2 is 1.39 bits per heavy atom. The van der Waals surface area contributed by atoms with E-state index in [2.05, 4.69) is 92.7 Å². The minimum absolute atomic E-state index is 0.0101. The minimum atomic E-state index is 0.0101. The third kappa shape index (κ3) is 1.96. The molecular formula is C28H24. The molecule has 0 radical (unpaired) electrons. The van der Waals surface area contributed by atoms with Crippen LogP contribution in [-0.2, 0) is 11.8 Å². The third-order valence-corrected chi connectivity index (χ3v) is 7.05. The van der Waals surface area contributed by atoms with Crippen LogP contribution in [0.4, 0.5) is 0 Å². The van der Waals surface area contributed by atoms with Gasteiger partial charge in [-0.2, -0.15) is 0 Å². The molecule has 0 heterocycles. The largest absolute Gasteiger partial charge is 0.0619 e. The molecule has 0 fully saturated rings. The fourth-order valence-corrected chi connectivity index (χ4v) is 5.65. The smallest absolute Gasteiger partial charge is 0.0469 e. The summed E-state index contributed by atoms with van der Waals surface area (Å²) < 4.78 is 0. The summed E-state index contributed by atoms with van der Waals surface area (Å²) in [7, 11) is 0. The van der Waals surface area contributed by atoms with Gasteiger partial charge in [0.15, 0.2) is 0 Å². The van der Waals surface area contributed by atoms with E-state index in [0.717, 1.165) is 6.42 Å². The molecule has 1 atom stereocenters. The molecule has 0 nitrogen and oxygen atoms in total. The summed E-state index contributed by atoms with van der Waals surface area (Å²) in [6, 6.07) is 30.0. The first kappa shape index (κ1) is 16.1. The maximum atomic E-state index is 2.50. The summed E-state index contributed by atoms with van der Waals surface area (Å²) in [6.07, 6.45) is 2.32. The molecule has 0 N–H and O–H groups in total. The Kier molecular flexibility index (Phi) is 3.21. The zero-order valence-corrected chi connectivity index (χ0v) is 16.5. The molecule has 28 heavy (non-hydrogen) atoms. The lowest BCUT2D eigenvalue weighted by Gasteiger charge is -2.29. The van der Waals surface area contributed by atoms with Crippen molar-refractivity contribution in [2.75, 3.05) is 0 Å². The molecule has 0 bridgehead atoms. The molecule has 0 saturated carbocycles. The first-order valence-corrected chi connectivity index (χ1v) is 10.4. The van der Waals surface area contributed by atoms with Gasteiger partial charge in [-0.25, -0.2) is 0 Å². The van der Waals surface area contributed by atoms with Gasteiger partial charge in [-0.15, -0.1) is 0 Å². The topological polar surface area (TPSA) is 0 Å². The highest BCUT2D eigenvalue weighted by Gasteiger charge is 2.48. The molecule has 1 spiro atoms. The predicted octanol–water partition coefficient (Wildman–Crippen LogP) is 7.22. The monoisotopic (exact) mass is 360 g/mol. The van der Waals surface area contributed by atoms with E-state index in [1.807, 2.05) is 0 Å². The van der Waals surface area contributed by atoms with Gasteiger partial charge in [0, 0.05) is 5.41 Å². The number of aryl methyl sites for hydroxylation is 1. The summed E-state index contributed by atoms with van der Waals surface area (Å²) in [6.45, 7) is 4.60. The average Bonchev–Trinajstić information content (AvgIpc) is 3.24. The van der Waals surface area contributed by atoms with Gasteiger partial charge < -0.3 is 0 Å². The summed E-state index contributed by atoms with van der Waals surface area (Å²) >= 11 is 0. The van der Waals surface area contributed by atoms with E-state index < -0.39 is 0 Å². The van der Waals surface area contributed by atoms with E-state index in [4.69, 9.17) is 0 Å². The molecule has 2 aliphatic carbocycles. The van der Waals surface area contributed by atoms with E-state index in [-0.39, 0.29) is 5.41 Å². The van der Waals surface area contributed by atoms with Crippen molar-refractivity contribution >= 4 is 10.8 Å². The third-order valence-electron chi connectivity index (χ3n) is 7.05. The number of benzene rings is 4.